The van der Waals surface area contributed by atoms with Crippen molar-refractivity contribution in [3.05, 3.63) is 0 Å². The van der Waals surface area contributed by atoms with Crippen molar-refractivity contribution in [1.29, 1.82) is 0 Å². The Morgan fingerprint density at radius 1 is 1.20 bits per heavy atom. The van der Waals surface area contributed by atoms with Crippen molar-refractivity contribution < 1.29 is 4.74 Å². The third-order valence-corrected chi connectivity index (χ3v) is 3.01. The highest BCUT2D eigenvalue weighted by Gasteiger charge is 2.13. The molecular weight excluding hydrogens is 188 g/mol. The van der Waals surface area contributed by atoms with Crippen LogP contribution >= 0.6 is 0 Å². The van der Waals surface area contributed by atoms with Crippen LogP contribution in [-0.4, -0.2) is 51.8 Å². The summed E-state index contributed by atoms with van der Waals surface area (Å²) in [5, 5.41) is 3.48. The third kappa shape index (κ3) is 6.88. The summed E-state index contributed by atoms with van der Waals surface area (Å²) in [7, 11) is 4.14. The molecule has 0 aromatic rings. The third-order valence-electron chi connectivity index (χ3n) is 3.01. The topological polar surface area (TPSA) is 24.5 Å². The predicted octanol–water partition coefficient (Wildman–Crippen LogP) is 1.34. The molecular formula is C12H26N2O. The summed E-state index contributed by atoms with van der Waals surface area (Å²) in [5.74, 6) is 0.937. The van der Waals surface area contributed by atoms with E-state index < -0.39 is 0 Å². The first-order chi connectivity index (χ1) is 7.29. The van der Waals surface area contributed by atoms with Gasteiger partial charge < -0.3 is 15.0 Å². The van der Waals surface area contributed by atoms with Crippen LogP contribution < -0.4 is 5.32 Å². The van der Waals surface area contributed by atoms with Gasteiger partial charge in [0.1, 0.15) is 0 Å². The van der Waals surface area contributed by atoms with Crippen molar-refractivity contribution in [2.75, 3.05) is 46.9 Å². The van der Waals surface area contributed by atoms with Gasteiger partial charge in [0.15, 0.2) is 0 Å². The fraction of sp³-hybridized carbons (Fsp3) is 1.00. The number of likely N-dealkylation sites (N-methyl/N-ethyl adjacent to an activating group) is 1. The molecule has 0 amide bonds. The molecule has 0 aliphatic heterocycles. The number of rotatable bonds is 8. The fourth-order valence-corrected chi connectivity index (χ4v) is 2.01. The summed E-state index contributed by atoms with van der Waals surface area (Å²) in [5.41, 5.74) is 0. The van der Waals surface area contributed by atoms with Crippen molar-refractivity contribution in [3.63, 3.8) is 0 Å². The van der Waals surface area contributed by atoms with Crippen molar-refractivity contribution in [3.8, 4) is 0 Å². The molecule has 0 aromatic carbocycles. The second-order valence-corrected chi connectivity index (χ2v) is 4.77. The van der Waals surface area contributed by atoms with E-state index in [-0.39, 0.29) is 0 Å². The Hall–Kier alpha value is -0.120. The molecule has 3 nitrogen and oxygen atoms in total. The molecule has 15 heavy (non-hydrogen) atoms. The van der Waals surface area contributed by atoms with Crippen LogP contribution in [0.25, 0.3) is 0 Å². The molecule has 1 aliphatic carbocycles. The standard InChI is InChI=1S/C12H26N2O/c1-14(2)8-10-15-9-7-13-11-12-5-3-4-6-12/h12-13H,3-11H2,1-2H3. The van der Waals surface area contributed by atoms with Gasteiger partial charge in [-0.05, 0) is 39.4 Å². The van der Waals surface area contributed by atoms with Crippen molar-refractivity contribution in [2.24, 2.45) is 5.92 Å². The molecule has 0 unspecified atom stereocenters. The summed E-state index contributed by atoms with van der Waals surface area (Å²) < 4.78 is 5.51. The van der Waals surface area contributed by atoms with Crippen LogP contribution in [-0.2, 0) is 4.74 Å². The van der Waals surface area contributed by atoms with Crippen molar-refractivity contribution in [1.82, 2.24) is 10.2 Å². The monoisotopic (exact) mass is 214 g/mol. The maximum absolute atomic E-state index is 5.51. The zero-order chi connectivity index (χ0) is 10.9. The van der Waals surface area contributed by atoms with Crippen LogP contribution in [0.4, 0.5) is 0 Å². The van der Waals surface area contributed by atoms with Crippen molar-refractivity contribution in [2.45, 2.75) is 25.7 Å². The molecule has 0 saturated heterocycles. The summed E-state index contributed by atoms with van der Waals surface area (Å²) in [4.78, 5) is 2.14. The summed E-state index contributed by atoms with van der Waals surface area (Å²) in [6.45, 7) is 4.91. The second-order valence-electron chi connectivity index (χ2n) is 4.77. The van der Waals surface area contributed by atoms with Gasteiger partial charge in [0.05, 0.1) is 13.2 Å². The first-order valence-electron chi connectivity index (χ1n) is 6.22. The van der Waals surface area contributed by atoms with Crippen LogP contribution in [0.3, 0.4) is 0 Å². The molecule has 0 aromatic heterocycles. The minimum absolute atomic E-state index is 0.845. The Balaban J connectivity index is 1.76. The Labute approximate surface area is 94.2 Å². The number of hydrogen-bond donors (Lipinski definition) is 1. The number of hydrogen-bond acceptors (Lipinski definition) is 3. The molecule has 90 valence electrons. The van der Waals surface area contributed by atoms with Crippen LogP contribution in [0, 0.1) is 5.92 Å². The minimum Gasteiger partial charge on any atom is -0.379 e. The Morgan fingerprint density at radius 3 is 2.60 bits per heavy atom. The van der Waals surface area contributed by atoms with Crippen LogP contribution in [0.2, 0.25) is 0 Å². The Bertz CT molecular complexity index is 145. The summed E-state index contributed by atoms with van der Waals surface area (Å²) >= 11 is 0. The lowest BCUT2D eigenvalue weighted by atomic mass is 10.1. The van der Waals surface area contributed by atoms with Gasteiger partial charge in [-0.25, -0.2) is 0 Å². The largest absolute Gasteiger partial charge is 0.379 e. The number of nitrogens with zero attached hydrogens (tertiary/aromatic N) is 1. The molecule has 0 radical (unpaired) electrons. The van der Waals surface area contributed by atoms with Crippen LogP contribution in [0.5, 0.6) is 0 Å². The highest BCUT2D eigenvalue weighted by molar-refractivity contribution is 4.69. The molecule has 0 spiro atoms. The highest BCUT2D eigenvalue weighted by Crippen LogP contribution is 2.23. The summed E-state index contributed by atoms with van der Waals surface area (Å²) in [6, 6.07) is 0. The number of nitrogens with one attached hydrogen (secondary N) is 1. The maximum atomic E-state index is 5.51. The van der Waals surface area contributed by atoms with Gasteiger partial charge >= 0.3 is 0 Å². The van der Waals surface area contributed by atoms with Gasteiger partial charge in [-0.2, -0.15) is 0 Å². The first kappa shape index (κ1) is 12.9. The van der Waals surface area contributed by atoms with Gasteiger partial charge in [-0.15, -0.1) is 0 Å². The molecule has 1 rings (SSSR count). The van der Waals surface area contributed by atoms with Gasteiger partial charge in [0.25, 0.3) is 0 Å². The Morgan fingerprint density at radius 2 is 1.93 bits per heavy atom. The molecule has 1 saturated carbocycles. The average Bonchev–Trinajstić information content (AvgIpc) is 2.68. The normalized spacial score (nSPS) is 17.8. The van der Waals surface area contributed by atoms with Gasteiger partial charge in [0, 0.05) is 13.1 Å². The first-order valence-corrected chi connectivity index (χ1v) is 6.22. The van der Waals surface area contributed by atoms with E-state index in [1.165, 1.54) is 32.2 Å². The quantitative estimate of drug-likeness (QED) is 0.617. The average molecular weight is 214 g/mol. The molecule has 1 fully saturated rings. The van der Waals surface area contributed by atoms with E-state index in [9.17, 15) is 0 Å². The zero-order valence-corrected chi connectivity index (χ0v) is 10.3. The van der Waals surface area contributed by atoms with E-state index in [1.807, 2.05) is 0 Å². The van der Waals surface area contributed by atoms with Gasteiger partial charge in [0.2, 0.25) is 0 Å². The number of ether oxygens (including phenoxy) is 1. The molecule has 0 heterocycles. The molecule has 0 atom stereocenters. The van der Waals surface area contributed by atoms with E-state index in [0.717, 1.165) is 32.2 Å². The van der Waals surface area contributed by atoms with E-state index in [1.54, 1.807) is 0 Å². The maximum Gasteiger partial charge on any atom is 0.0593 e. The SMILES string of the molecule is CN(C)CCOCCNCC1CCCC1. The minimum atomic E-state index is 0.845. The zero-order valence-electron chi connectivity index (χ0n) is 10.3. The summed E-state index contributed by atoms with van der Waals surface area (Å²) in [6.07, 6.45) is 5.72. The molecule has 1 aliphatic rings. The molecule has 3 heteroatoms. The highest BCUT2D eigenvalue weighted by atomic mass is 16.5. The lowest BCUT2D eigenvalue weighted by Crippen LogP contribution is -2.26. The van der Waals surface area contributed by atoms with Crippen LogP contribution in [0.15, 0.2) is 0 Å². The fourth-order valence-electron chi connectivity index (χ4n) is 2.01. The van der Waals surface area contributed by atoms with Crippen molar-refractivity contribution >= 4 is 0 Å². The molecule has 1 N–H and O–H groups in total. The van der Waals surface area contributed by atoms with Gasteiger partial charge in [-0.3, -0.25) is 0 Å². The van der Waals surface area contributed by atoms with Crippen LogP contribution in [0.1, 0.15) is 25.7 Å². The van der Waals surface area contributed by atoms with E-state index in [0.29, 0.717) is 0 Å². The molecule has 0 bridgehead atoms. The second kappa shape index (κ2) is 8.08. The van der Waals surface area contributed by atoms with E-state index in [4.69, 9.17) is 4.74 Å². The lowest BCUT2D eigenvalue weighted by Gasteiger charge is -2.12. The predicted molar refractivity (Wildman–Crippen MR) is 64.2 cm³/mol. The smallest absolute Gasteiger partial charge is 0.0593 e. The Kier molecular flexibility index (Phi) is 6.98. The van der Waals surface area contributed by atoms with E-state index in [2.05, 4.69) is 24.3 Å². The van der Waals surface area contributed by atoms with E-state index >= 15 is 0 Å². The lowest BCUT2D eigenvalue weighted by molar-refractivity contribution is 0.119. The van der Waals surface area contributed by atoms with Gasteiger partial charge in [-0.1, -0.05) is 12.8 Å².